The molecule has 1 aromatic carbocycles. The quantitative estimate of drug-likeness (QED) is 0.470. The third-order valence-electron chi connectivity index (χ3n) is 1.37. The molecule has 81 valence electrons. The predicted octanol–water partition coefficient (Wildman–Crippen LogP) is 1.58. The van der Waals surface area contributed by atoms with Crippen LogP contribution in [-0.2, 0) is 31.4 Å². The fourth-order valence-electron chi connectivity index (χ4n) is 0.793. The topological polar surface area (TPSA) is 43.4 Å². The molecule has 0 aliphatic heterocycles. The Hall–Kier alpha value is -0.611. The van der Waals surface area contributed by atoms with Crippen LogP contribution in [0.15, 0.2) is 47.9 Å². The summed E-state index contributed by atoms with van der Waals surface area (Å²) in [5.41, 5.74) is 0. The van der Waals surface area contributed by atoms with Crippen molar-refractivity contribution in [1.29, 1.82) is 0 Å². The molecule has 1 radical (unpaired) electrons. The van der Waals surface area contributed by atoms with Gasteiger partial charge in [-0.3, -0.25) is 4.18 Å². The summed E-state index contributed by atoms with van der Waals surface area (Å²) < 4.78 is 27.3. The summed E-state index contributed by atoms with van der Waals surface area (Å²) in [6, 6.07) is 8.00. The SMILES string of the molecule is C=CCOS(=O)(=O)c1ccccc1.[Cu]. The first-order chi connectivity index (χ1) is 6.17. The average Bonchev–Trinajstić information content (AvgIpc) is 2.16. The van der Waals surface area contributed by atoms with E-state index >= 15 is 0 Å². The zero-order valence-electron chi connectivity index (χ0n) is 7.31. The third kappa shape index (κ3) is 3.64. The van der Waals surface area contributed by atoms with Gasteiger partial charge < -0.3 is 0 Å². The van der Waals surface area contributed by atoms with Crippen molar-refractivity contribution in [3.05, 3.63) is 43.0 Å². The Kier molecular flexibility index (Phi) is 5.72. The molecule has 1 rings (SSSR count). The molecule has 0 N–H and O–H groups in total. The summed E-state index contributed by atoms with van der Waals surface area (Å²) in [4.78, 5) is 0.164. The Balaban J connectivity index is 0.00000169. The fourth-order valence-corrected chi connectivity index (χ4v) is 1.69. The maximum Gasteiger partial charge on any atom is 0.297 e. The van der Waals surface area contributed by atoms with Crippen LogP contribution in [0.25, 0.3) is 0 Å². The average molecular weight is 262 g/mol. The maximum absolute atomic E-state index is 11.3. The molecule has 0 unspecified atom stereocenters. The summed E-state index contributed by atoms with van der Waals surface area (Å²) in [6.45, 7) is 3.37. The van der Waals surface area contributed by atoms with E-state index in [1.807, 2.05) is 0 Å². The van der Waals surface area contributed by atoms with E-state index in [9.17, 15) is 8.42 Å². The molecule has 1 aromatic rings. The van der Waals surface area contributed by atoms with E-state index in [4.69, 9.17) is 0 Å². The second kappa shape index (κ2) is 5.98. The van der Waals surface area contributed by atoms with E-state index in [-0.39, 0.29) is 28.6 Å². The summed E-state index contributed by atoms with van der Waals surface area (Å²) in [6.07, 6.45) is 1.39. The van der Waals surface area contributed by atoms with E-state index in [1.165, 1.54) is 18.2 Å². The molecule has 0 bridgehead atoms. The van der Waals surface area contributed by atoms with Gasteiger partial charge in [0.1, 0.15) is 0 Å². The van der Waals surface area contributed by atoms with Gasteiger partial charge in [0.2, 0.25) is 0 Å². The van der Waals surface area contributed by atoms with Gasteiger partial charge in [-0.2, -0.15) is 8.42 Å². The predicted molar refractivity (Wildman–Crippen MR) is 49.8 cm³/mol. The van der Waals surface area contributed by atoms with Gasteiger partial charge in [-0.25, -0.2) is 0 Å². The Morgan fingerprint density at radius 3 is 2.36 bits per heavy atom. The van der Waals surface area contributed by atoms with Gasteiger partial charge in [0, 0.05) is 17.1 Å². The molecule has 0 spiro atoms. The first kappa shape index (κ1) is 13.4. The van der Waals surface area contributed by atoms with Crippen LogP contribution >= 0.6 is 0 Å². The Morgan fingerprint density at radius 2 is 1.86 bits per heavy atom. The zero-order chi connectivity index (χ0) is 9.73. The van der Waals surface area contributed by atoms with Gasteiger partial charge in [-0.15, -0.1) is 6.58 Å². The molecule has 0 heterocycles. The molecule has 14 heavy (non-hydrogen) atoms. The molecule has 0 aromatic heterocycles. The molecular weight excluding hydrogens is 252 g/mol. The van der Waals surface area contributed by atoms with Crippen molar-refractivity contribution in [2.45, 2.75) is 4.90 Å². The van der Waals surface area contributed by atoms with Crippen molar-refractivity contribution in [3.8, 4) is 0 Å². The van der Waals surface area contributed by atoms with Gasteiger partial charge in [-0.05, 0) is 12.1 Å². The summed E-state index contributed by atoms with van der Waals surface area (Å²) in [5, 5.41) is 0. The Bertz CT molecular complexity index is 372. The minimum Gasteiger partial charge on any atom is -0.262 e. The van der Waals surface area contributed by atoms with Gasteiger partial charge in [-0.1, -0.05) is 24.3 Å². The van der Waals surface area contributed by atoms with Crippen molar-refractivity contribution >= 4 is 10.1 Å². The third-order valence-corrected chi connectivity index (χ3v) is 2.67. The van der Waals surface area contributed by atoms with E-state index in [0.717, 1.165) is 0 Å². The molecule has 0 fully saturated rings. The Labute approximate surface area is 94.4 Å². The van der Waals surface area contributed by atoms with Crippen molar-refractivity contribution in [2.75, 3.05) is 6.61 Å². The number of rotatable bonds is 4. The molecule has 0 atom stereocenters. The van der Waals surface area contributed by atoms with Crippen LogP contribution < -0.4 is 0 Å². The van der Waals surface area contributed by atoms with Crippen molar-refractivity contribution < 1.29 is 29.7 Å². The van der Waals surface area contributed by atoms with Crippen LogP contribution in [0.2, 0.25) is 0 Å². The number of hydrogen-bond donors (Lipinski definition) is 0. The second-order valence-electron chi connectivity index (χ2n) is 2.34. The minimum atomic E-state index is -3.59. The Morgan fingerprint density at radius 1 is 1.29 bits per heavy atom. The fraction of sp³-hybridized carbons (Fsp3) is 0.111. The van der Waals surface area contributed by atoms with Crippen molar-refractivity contribution in [1.82, 2.24) is 0 Å². The smallest absolute Gasteiger partial charge is 0.262 e. The molecule has 0 saturated heterocycles. The summed E-state index contributed by atoms with van der Waals surface area (Å²) in [7, 11) is -3.59. The standard InChI is InChI=1S/C9H10O3S.Cu/c1-2-8-12-13(10,11)9-6-4-3-5-7-9;/h2-7H,1,8H2;. The monoisotopic (exact) mass is 261 g/mol. The summed E-state index contributed by atoms with van der Waals surface area (Å²) in [5.74, 6) is 0. The van der Waals surface area contributed by atoms with Crippen LogP contribution in [0.3, 0.4) is 0 Å². The van der Waals surface area contributed by atoms with E-state index in [1.54, 1.807) is 18.2 Å². The summed E-state index contributed by atoms with van der Waals surface area (Å²) >= 11 is 0. The van der Waals surface area contributed by atoms with Gasteiger partial charge in [0.05, 0.1) is 11.5 Å². The van der Waals surface area contributed by atoms with Gasteiger partial charge in [0.15, 0.2) is 0 Å². The van der Waals surface area contributed by atoms with E-state index < -0.39 is 10.1 Å². The van der Waals surface area contributed by atoms with Gasteiger partial charge >= 0.3 is 0 Å². The second-order valence-corrected chi connectivity index (χ2v) is 3.96. The normalized spacial score (nSPS) is 10.3. The van der Waals surface area contributed by atoms with Crippen molar-refractivity contribution in [3.63, 3.8) is 0 Å². The molecule has 0 aliphatic rings. The van der Waals surface area contributed by atoms with Crippen LogP contribution in [0, 0.1) is 0 Å². The molecule has 0 saturated carbocycles. The van der Waals surface area contributed by atoms with E-state index in [2.05, 4.69) is 10.8 Å². The molecular formula is C9H10CuO3S. The van der Waals surface area contributed by atoms with E-state index in [0.29, 0.717) is 0 Å². The minimum absolute atomic E-state index is 0. The van der Waals surface area contributed by atoms with Crippen LogP contribution in [0.1, 0.15) is 0 Å². The molecule has 3 nitrogen and oxygen atoms in total. The van der Waals surface area contributed by atoms with Crippen LogP contribution in [0.4, 0.5) is 0 Å². The molecule has 5 heteroatoms. The first-order valence-electron chi connectivity index (χ1n) is 3.72. The first-order valence-corrected chi connectivity index (χ1v) is 5.13. The number of hydrogen-bond acceptors (Lipinski definition) is 3. The van der Waals surface area contributed by atoms with Gasteiger partial charge in [0.25, 0.3) is 10.1 Å². The number of benzene rings is 1. The molecule has 0 aliphatic carbocycles. The maximum atomic E-state index is 11.3. The largest absolute Gasteiger partial charge is 0.297 e. The zero-order valence-corrected chi connectivity index (χ0v) is 9.07. The molecule has 0 amide bonds. The van der Waals surface area contributed by atoms with Crippen LogP contribution in [0.5, 0.6) is 0 Å². The van der Waals surface area contributed by atoms with Crippen molar-refractivity contribution in [2.24, 2.45) is 0 Å². The van der Waals surface area contributed by atoms with Crippen LogP contribution in [-0.4, -0.2) is 15.0 Å².